The van der Waals surface area contributed by atoms with E-state index >= 15 is 0 Å². The second-order valence-electron chi connectivity index (χ2n) is 6.13. The molecule has 0 bridgehead atoms. The van der Waals surface area contributed by atoms with Gasteiger partial charge in [0.2, 0.25) is 0 Å². The molecule has 96 valence electrons. The van der Waals surface area contributed by atoms with Gasteiger partial charge in [-0.05, 0) is 18.3 Å². The lowest BCUT2D eigenvalue weighted by molar-refractivity contribution is 0.291. The van der Waals surface area contributed by atoms with Crippen LogP contribution >= 0.6 is 0 Å². The monoisotopic (exact) mass is 236 g/mol. The average Bonchev–Trinajstić information content (AvgIpc) is 2.80. The highest BCUT2D eigenvalue weighted by Crippen LogP contribution is 2.49. The molecule has 1 atom stereocenters. The van der Waals surface area contributed by atoms with Crippen LogP contribution in [0.5, 0.6) is 0 Å². The van der Waals surface area contributed by atoms with Gasteiger partial charge in [-0.15, -0.1) is 0 Å². The highest BCUT2D eigenvalue weighted by atomic mass is 16.3. The van der Waals surface area contributed by atoms with Gasteiger partial charge < -0.3 is 9.73 Å². The van der Waals surface area contributed by atoms with Gasteiger partial charge in [0.25, 0.3) is 0 Å². The van der Waals surface area contributed by atoms with Crippen LogP contribution in [0.15, 0.2) is 10.8 Å². The van der Waals surface area contributed by atoms with E-state index in [1.165, 1.54) is 19.3 Å². The van der Waals surface area contributed by atoms with Crippen LogP contribution in [-0.2, 0) is 6.54 Å². The summed E-state index contributed by atoms with van der Waals surface area (Å²) in [6.07, 6.45) is 5.42. The minimum atomic E-state index is 0.353. The smallest absolute Gasteiger partial charge is 0.181 e. The van der Waals surface area contributed by atoms with E-state index < -0.39 is 0 Å². The largest absolute Gasteiger partial charge is 0.448 e. The van der Waals surface area contributed by atoms with Crippen LogP contribution in [0, 0.1) is 5.41 Å². The molecule has 0 amide bonds. The third kappa shape index (κ3) is 2.71. The van der Waals surface area contributed by atoms with Gasteiger partial charge >= 0.3 is 0 Å². The Morgan fingerprint density at radius 1 is 1.53 bits per heavy atom. The van der Waals surface area contributed by atoms with Crippen molar-refractivity contribution in [2.24, 2.45) is 5.41 Å². The van der Waals surface area contributed by atoms with Crippen molar-refractivity contribution >= 4 is 0 Å². The maximum absolute atomic E-state index is 5.67. The van der Waals surface area contributed by atoms with E-state index in [-0.39, 0.29) is 0 Å². The molecule has 1 saturated carbocycles. The average molecular weight is 236 g/mol. The molecule has 1 aliphatic rings. The van der Waals surface area contributed by atoms with Crippen LogP contribution in [-0.4, -0.2) is 11.0 Å². The quantitative estimate of drug-likeness (QED) is 0.870. The Morgan fingerprint density at radius 2 is 2.29 bits per heavy atom. The van der Waals surface area contributed by atoms with Crippen LogP contribution in [0.3, 0.4) is 0 Å². The minimum Gasteiger partial charge on any atom is -0.448 e. The lowest BCUT2D eigenvalue weighted by Gasteiger charge is -2.25. The first-order valence-corrected chi connectivity index (χ1v) is 6.66. The van der Waals surface area contributed by atoms with E-state index in [0.29, 0.717) is 17.4 Å². The number of aromatic nitrogens is 1. The summed E-state index contributed by atoms with van der Waals surface area (Å²) in [5, 5.41) is 3.42. The summed E-state index contributed by atoms with van der Waals surface area (Å²) >= 11 is 0. The molecular weight excluding hydrogens is 212 g/mol. The first-order chi connectivity index (χ1) is 8.00. The maximum atomic E-state index is 5.67. The van der Waals surface area contributed by atoms with Gasteiger partial charge in [0.15, 0.2) is 6.39 Å². The van der Waals surface area contributed by atoms with Gasteiger partial charge in [-0.25, -0.2) is 4.98 Å². The van der Waals surface area contributed by atoms with Gasteiger partial charge in [-0.1, -0.05) is 34.1 Å². The summed E-state index contributed by atoms with van der Waals surface area (Å²) in [4.78, 5) is 4.37. The number of rotatable bonds is 4. The zero-order chi connectivity index (χ0) is 12.5. The first kappa shape index (κ1) is 12.6. The van der Waals surface area contributed by atoms with E-state index in [9.17, 15) is 0 Å². The Bertz CT molecular complexity index is 368. The van der Waals surface area contributed by atoms with Crippen molar-refractivity contribution < 1.29 is 4.42 Å². The van der Waals surface area contributed by atoms with Gasteiger partial charge in [0, 0.05) is 18.5 Å². The Kier molecular flexibility index (Phi) is 3.57. The molecule has 1 heterocycles. The van der Waals surface area contributed by atoms with E-state index in [0.717, 1.165) is 18.0 Å². The van der Waals surface area contributed by atoms with Crippen LogP contribution in [0.25, 0.3) is 0 Å². The predicted molar refractivity (Wildman–Crippen MR) is 68.9 cm³/mol. The molecule has 1 fully saturated rings. The second kappa shape index (κ2) is 4.81. The normalized spacial score (nSPS) is 23.5. The van der Waals surface area contributed by atoms with E-state index in [4.69, 9.17) is 4.42 Å². The SMILES string of the molecule is CC(C)NCc1ncoc1C1CCCC1(C)C. The van der Waals surface area contributed by atoms with E-state index in [1.54, 1.807) is 6.39 Å². The van der Waals surface area contributed by atoms with Crippen molar-refractivity contribution in [3.63, 3.8) is 0 Å². The lowest BCUT2D eigenvalue weighted by Crippen LogP contribution is -2.24. The number of hydrogen-bond donors (Lipinski definition) is 1. The molecule has 3 heteroatoms. The van der Waals surface area contributed by atoms with Gasteiger partial charge in [0.05, 0.1) is 5.69 Å². The zero-order valence-corrected chi connectivity index (χ0v) is 11.4. The summed E-state index contributed by atoms with van der Waals surface area (Å²) in [7, 11) is 0. The second-order valence-corrected chi connectivity index (χ2v) is 6.13. The summed E-state index contributed by atoms with van der Waals surface area (Å²) < 4.78 is 5.67. The molecule has 0 spiro atoms. The highest BCUT2D eigenvalue weighted by molar-refractivity contribution is 5.17. The van der Waals surface area contributed by atoms with Crippen molar-refractivity contribution in [1.29, 1.82) is 0 Å². The van der Waals surface area contributed by atoms with Crippen molar-refractivity contribution in [2.45, 2.75) is 65.5 Å². The van der Waals surface area contributed by atoms with Gasteiger partial charge in [-0.2, -0.15) is 0 Å². The molecule has 1 aromatic rings. The first-order valence-electron chi connectivity index (χ1n) is 6.66. The Hall–Kier alpha value is -0.830. The molecule has 0 aliphatic heterocycles. The highest BCUT2D eigenvalue weighted by Gasteiger charge is 2.38. The molecule has 17 heavy (non-hydrogen) atoms. The third-order valence-electron chi connectivity index (χ3n) is 3.92. The lowest BCUT2D eigenvalue weighted by atomic mass is 9.80. The summed E-state index contributed by atoms with van der Waals surface area (Å²) in [5.41, 5.74) is 1.45. The molecule has 1 N–H and O–H groups in total. The van der Waals surface area contributed by atoms with Crippen molar-refractivity contribution in [1.82, 2.24) is 10.3 Å². The molecule has 0 saturated heterocycles. The van der Waals surface area contributed by atoms with Crippen molar-refractivity contribution in [3.8, 4) is 0 Å². The molecule has 1 unspecified atom stereocenters. The fourth-order valence-corrected chi connectivity index (χ4v) is 2.81. The molecule has 1 aromatic heterocycles. The van der Waals surface area contributed by atoms with Crippen LogP contribution < -0.4 is 5.32 Å². The number of oxazole rings is 1. The Balaban J connectivity index is 2.13. The van der Waals surface area contributed by atoms with Crippen molar-refractivity contribution in [3.05, 3.63) is 17.8 Å². The van der Waals surface area contributed by atoms with Gasteiger partial charge in [-0.3, -0.25) is 0 Å². The van der Waals surface area contributed by atoms with Crippen molar-refractivity contribution in [2.75, 3.05) is 0 Å². The fraction of sp³-hybridized carbons (Fsp3) is 0.786. The number of nitrogens with zero attached hydrogens (tertiary/aromatic N) is 1. The minimum absolute atomic E-state index is 0.353. The predicted octanol–water partition coefficient (Wildman–Crippen LogP) is 3.47. The summed E-state index contributed by atoms with van der Waals surface area (Å²) in [6.45, 7) is 9.80. The maximum Gasteiger partial charge on any atom is 0.181 e. The summed E-state index contributed by atoms with van der Waals surface area (Å²) in [6, 6.07) is 0.483. The van der Waals surface area contributed by atoms with E-state index in [1.807, 2.05) is 0 Å². The third-order valence-corrected chi connectivity index (χ3v) is 3.92. The molecule has 0 radical (unpaired) electrons. The zero-order valence-electron chi connectivity index (χ0n) is 11.4. The standard InChI is InChI=1S/C14H24N2O/c1-10(2)15-8-12-13(17-9-16-12)11-6-5-7-14(11,3)4/h9-11,15H,5-8H2,1-4H3. The molecule has 2 rings (SSSR count). The number of nitrogens with one attached hydrogen (secondary N) is 1. The Labute approximate surface area is 104 Å². The molecule has 3 nitrogen and oxygen atoms in total. The Morgan fingerprint density at radius 3 is 2.88 bits per heavy atom. The van der Waals surface area contributed by atoms with E-state index in [2.05, 4.69) is 38.0 Å². The van der Waals surface area contributed by atoms with Crippen LogP contribution in [0.2, 0.25) is 0 Å². The fourth-order valence-electron chi connectivity index (χ4n) is 2.81. The molecule has 0 aromatic carbocycles. The topological polar surface area (TPSA) is 38.1 Å². The van der Waals surface area contributed by atoms with Crippen LogP contribution in [0.4, 0.5) is 0 Å². The summed E-state index contributed by atoms with van der Waals surface area (Å²) in [5.74, 6) is 1.65. The van der Waals surface area contributed by atoms with Crippen LogP contribution in [0.1, 0.15) is 64.3 Å². The molecule has 1 aliphatic carbocycles. The molecular formula is C14H24N2O. The number of hydrogen-bond acceptors (Lipinski definition) is 3. The van der Waals surface area contributed by atoms with Gasteiger partial charge in [0.1, 0.15) is 5.76 Å².